The molecule has 2 rings (SSSR count). The average molecular weight is 273 g/mol. The maximum Gasteiger partial charge on any atom is 0.269 e. The van der Waals surface area contributed by atoms with Crippen LogP contribution in [0, 0.1) is 6.92 Å². The molecule has 106 valence electrons. The number of amides is 1. The Kier molecular flexibility index (Phi) is 4.47. The topological polar surface area (TPSA) is 85.8 Å². The van der Waals surface area contributed by atoms with E-state index < -0.39 is 5.91 Å². The number of rotatable bonds is 6. The fraction of sp³-hybridized carbons (Fsp3) is 0.357. The average Bonchev–Trinajstić information content (AvgIpc) is 2.89. The second kappa shape index (κ2) is 6.29. The van der Waals surface area contributed by atoms with Crippen LogP contribution in [0.1, 0.15) is 35.0 Å². The Morgan fingerprint density at radius 1 is 1.50 bits per heavy atom. The van der Waals surface area contributed by atoms with Crippen LogP contribution in [0.3, 0.4) is 0 Å². The minimum absolute atomic E-state index is 0.236. The van der Waals surface area contributed by atoms with Crippen LogP contribution in [0.4, 0.5) is 0 Å². The molecule has 2 aromatic rings. The third kappa shape index (κ3) is 3.21. The van der Waals surface area contributed by atoms with Gasteiger partial charge in [0, 0.05) is 18.9 Å². The molecule has 3 N–H and O–H groups in total. The standard InChI is InChI=1S/C14H19N5O/c1-3-5-16-8-11-7-10(2)14(17-9-11)19-6-4-12(18-19)13(15)20/h4,6-7,9,16H,3,5,8H2,1-2H3,(H2,15,20). The molecule has 6 nitrogen and oxygen atoms in total. The summed E-state index contributed by atoms with van der Waals surface area (Å²) in [4.78, 5) is 15.5. The molecule has 0 spiro atoms. The quantitative estimate of drug-likeness (QED) is 0.774. The van der Waals surface area contributed by atoms with Gasteiger partial charge in [0.25, 0.3) is 5.91 Å². The zero-order chi connectivity index (χ0) is 14.5. The molecule has 0 aliphatic rings. The van der Waals surface area contributed by atoms with Crippen molar-refractivity contribution in [3.05, 3.63) is 41.3 Å². The van der Waals surface area contributed by atoms with Crippen molar-refractivity contribution in [1.29, 1.82) is 0 Å². The number of carbonyl (C=O) groups is 1. The molecular weight excluding hydrogens is 254 g/mol. The van der Waals surface area contributed by atoms with Crippen LogP contribution in [-0.4, -0.2) is 27.2 Å². The lowest BCUT2D eigenvalue weighted by Crippen LogP contribution is -2.15. The number of nitrogens with one attached hydrogen (secondary N) is 1. The van der Waals surface area contributed by atoms with E-state index in [4.69, 9.17) is 5.73 Å². The van der Waals surface area contributed by atoms with Crippen molar-refractivity contribution in [1.82, 2.24) is 20.1 Å². The Balaban J connectivity index is 2.18. The number of aryl methyl sites for hydroxylation is 1. The molecule has 0 bridgehead atoms. The van der Waals surface area contributed by atoms with Gasteiger partial charge in [-0.05, 0) is 43.1 Å². The minimum atomic E-state index is -0.540. The predicted molar refractivity (Wildman–Crippen MR) is 76.6 cm³/mol. The van der Waals surface area contributed by atoms with Gasteiger partial charge in [-0.3, -0.25) is 4.79 Å². The molecular formula is C14H19N5O. The summed E-state index contributed by atoms with van der Waals surface area (Å²) in [5.74, 6) is 0.165. The largest absolute Gasteiger partial charge is 0.364 e. The fourth-order valence-corrected chi connectivity index (χ4v) is 1.95. The summed E-state index contributed by atoms with van der Waals surface area (Å²) in [5.41, 5.74) is 7.55. The summed E-state index contributed by atoms with van der Waals surface area (Å²) in [5, 5.41) is 7.44. The highest BCUT2D eigenvalue weighted by molar-refractivity contribution is 5.90. The van der Waals surface area contributed by atoms with Crippen molar-refractivity contribution in [3.63, 3.8) is 0 Å². The van der Waals surface area contributed by atoms with Gasteiger partial charge in [0.05, 0.1) is 0 Å². The smallest absolute Gasteiger partial charge is 0.269 e. The highest BCUT2D eigenvalue weighted by Crippen LogP contribution is 2.12. The Bertz CT molecular complexity index is 605. The van der Waals surface area contributed by atoms with E-state index in [-0.39, 0.29) is 5.69 Å². The molecule has 0 aliphatic heterocycles. The Morgan fingerprint density at radius 2 is 2.30 bits per heavy atom. The summed E-state index contributed by atoms with van der Waals surface area (Å²) in [6.45, 7) is 5.89. The highest BCUT2D eigenvalue weighted by atomic mass is 16.1. The van der Waals surface area contributed by atoms with Crippen LogP contribution >= 0.6 is 0 Å². The third-order valence-electron chi connectivity index (χ3n) is 2.92. The Morgan fingerprint density at radius 3 is 2.90 bits per heavy atom. The number of aromatic nitrogens is 3. The highest BCUT2D eigenvalue weighted by Gasteiger charge is 2.09. The van der Waals surface area contributed by atoms with Gasteiger partial charge in [0.1, 0.15) is 5.69 Å². The van der Waals surface area contributed by atoms with Gasteiger partial charge in [-0.25, -0.2) is 9.67 Å². The fourth-order valence-electron chi connectivity index (χ4n) is 1.95. The number of nitrogens with two attached hydrogens (primary N) is 1. The molecule has 6 heteroatoms. The number of hydrogen-bond acceptors (Lipinski definition) is 4. The third-order valence-corrected chi connectivity index (χ3v) is 2.92. The maximum absolute atomic E-state index is 11.0. The lowest BCUT2D eigenvalue weighted by Gasteiger charge is -2.08. The molecule has 0 atom stereocenters. The van der Waals surface area contributed by atoms with Gasteiger partial charge in [0.2, 0.25) is 0 Å². The molecule has 0 radical (unpaired) electrons. The number of carbonyl (C=O) groups excluding carboxylic acids is 1. The molecule has 2 heterocycles. The van der Waals surface area contributed by atoms with Crippen molar-refractivity contribution < 1.29 is 4.79 Å². The van der Waals surface area contributed by atoms with E-state index >= 15 is 0 Å². The molecule has 0 fully saturated rings. The number of hydrogen-bond donors (Lipinski definition) is 2. The van der Waals surface area contributed by atoms with Crippen molar-refractivity contribution in [2.24, 2.45) is 5.73 Å². The summed E-state index contributed by atoms with van der Waals surface area (Å²) in [7, 11) is 0. The van der Waals surface area contributed by atoms with Crippen LogP contribution in [0.2, 0.25) is 0 Å². The van der Waals surface area contributed by atoms with E-state index in [0.29, 0.717) is 5.82 Å². The monoisotopic (exact) mass is 273 g/mol. The maximum atomic E-state index is 11.0. The van der Waals surface area contributed by atoms with Crippen molar-refractivity contribution in [3.8, 4) is 5.82 Å². The second-order valence-corrected chi connectivity index (χ2v) is 4.67. The van der Waals surface area contributed by atoms with Crippen LogP contribution in [0.25, 0.3) is 5.82 Å². The summed E-state index contributed by atoms with van der Waals surface area (Å²) in [6, 6.07) is 3.65. The van der Waals surface area contributed by atoms with Gasteiger partial charge in [-0.15, -0.1) is 0 Å². The van der Waals surface area contributed by atoms with Gasteiger partial charge in [-0.2, -0.15) is 5.10 Å². The lowest BCUT2D eigenvalue weighted by molar-refractivity contribution is 0.0995. The molecule has 20 heavy (non-hydrogen) atoms. The first-order valence-electron chi connectivity index (χ1n) is 6.64. The van der Waals surface area contributed by atoms with Crippen molar-refractivity contribution in [2.75, 3.05) is 6.54 Å². The zero-order valence-corrected chi connectivity index (χ0v) is 11.8. The SMILES string of the molecule is CCCNCc1cnc(-n2ccc(C(N)=O)n2)c(C)c1. The van der Waals surface area contributed by atoms with Crippen molar-refractivity contribution >= 4 is 5.91 Å². The number of primary amides is 1. The normalized spacial score (nSPS) is 10.7. The molecule has 2 aromatic heterocycles. The van der Waals surface area contributed by atoms with Crippen LogP contribution < -0.4 is 11.1 Å². The van der Waals surface area contributed by atoms with Crippen LogP contribution in [0.15, 0.2) is 24.5 Å². The molecule has 0 aromatic carbocycles. The zero-order valence-electron chi connectivity index (χ0n) is 11.8. The lowest BCUT2D eigenvalue weighted by atomic mass is 10.2. The minimum Gasteiger partial charge on any atom is -0.364 e. The Hall–Kier alpha value is -2.21. The van der Waals surface area contributed by atoms with E-state index in [0.717, 1.165) is 30.6 Å². The first-order chi connectivity index (χ1) is 9.61. The molecule has 0 aliphatic carbocycles. The van der Waals surface area contributed by atoms with E-state index in [9.17, 15) is 4.79 Å². The van der Waals surface area contributed by atoms with Gasteiger partial charge in [-0.1, -0.05) is 6.92 Å². The van der Waals surface area contributed by atoms with Gasteiger partial charge in [0.15, 0.2) is 5.82 Å². The first kappa shape index (κ1) is 14.2. The van der Waals surface area contributed by atoms with E-state index in [1.165, 1.54) is 0 Å². The molecule has 0 unspecified atom stereocenters. The van der Waals surface area contributed by atoms with E-state index in [2.05, 4.69) is 28.4 Å². The predicted octanol–water partition coefficient (Wildman–Crippen LogP) is 1.17. The molecule has 0 saturated heterocycles. The van der Waals surface area contributed by atoms with E-state index in [1.807, 2.05) is 13.1 Å². The molecule has 0 saturated carbocycles. The van der Waals surface area contributed by atoms with Crippen LogP contribution in [-0.2, 0) is 6.54 Å². The van der Waals surface area contributed by atoms with Crippen LogP contribution in [0.5, 0.6) is 0 Å². The number of pyridine rings is 1. The number of nitrogens with zero attached hydrogens (tertiary/aromatic N) is 3. The van der Waals surface area contributed by atoms with Gasteiger partial charge >= 0.3 is 0 Å². The second-order valence-electron chi connectivity index (χ2n) is 4.67. The first-order valence-corrected chi connectivity index (χ1v) is 6.64. The van der Waals surface area contributed by atoms with Crippen molar-refractivity contribution in [2.45, 2.75) is 26.8 Å². The Labute approximate surface area is 118 Å². The molecule has 1 amide bonds. The van der Waals surface area contributed by atoms with Gasteiger partial charge < -0.3 is 11.1 Å². The summed E-state index contributed by atoms with van der Waals surface area (Å²) in [6.07, 6.45) is 4.61. The van der Waals surface area contributed by atoms with E-state index in [1.54, 1.807) is 16.9 Å². The summed E-state index contributed by atoms with van der Waals surface area (Å²) < 4.78 is 1.57. The summed E-state index contributed by atoms with van der Waals surface area (Å²) >= 11 is 0.